The maximum Gasteiger partial charge on any atom is 0.337 e. The lowest BCUT2D eigenvalue weighted by Gasteiger charge is -2.29. The summed E-state index contributed by atoms with van der Waals surface area (Å²) in [7, 11) is 1.38. The lowest BCUT2D eigenvalue weighted by atomic mass is 10.0. The molecule has 1 N–H and O–H groups in total. The van der Waals surface area contributed by atoms with Crippen LogP contribution in [0.1, 0.15) is 33.8 Å². The molecule has 0 radical (unpaired) electrons. The normalized spacial score (nSPS) is 18.2. The second-order valence-electron chi connectivity index (χ2n) is 8.38. The van der Waals surface area contributed by atoms with Crippen LogP contribution < -0.4 is 19.7 Å². The van der Waals surface area contributed by atoms with Gasteiger partial charge >= 0.3 is 5.97 Å². The van der Waals surface area contributed by atoms with Gasteiger partial charge in [0.15, 0.2) is 16.6 Å². The van der Waals surface area contributed by atoms with Crippen LogP contribution >= 0.6 is 12.2 Å². The first-order valence-corrected chi connectivity index (χ1v) is 11.8. The van der Waals surface area contributed by atoms with Gasteiger partial charge in [-0.2, -0.15) is 0 Å². The molecule has 2 aromatic heterocycles. The molecule has 0 spiro atoms. The van der Waals surface area contributed by atoms with Crippen LogP contribution in [0, 0.1) is 0 Å². The number of esters is 1. The van der Waals surface area contributed by atoms with Crippen molar-refractivity contribution in [1.29, 1.82) is 0 Å². The van der Waals surface area contributed by atoms with Crippen LogP contribution in [-0.2, 0) is 4.74 Å². The van der Waals surface area contributed by atoms with Gasteiger partial charge in [-0.1, -0.05) is 12.1 Å². The zero-order chi connectivity index (χ0) is 24.6. The molecule has 9 heteroatoms. The monoisotopic (exact) mass is 498 g/mol. The Morgan fingerprint density at radius 3 is 2.75 bits per heavy atom. The Morgan fingerprint density at radius 2 is 1.92 bits per heavy atom. The van der Waals surface area contributed by atoms with Gasteiger partial charge in [-0.05, 0) is 66.8 Å². The van der Waals surface area contributed by atoms with Crippen LogP contribution in [0.2, 0.25) is 0 Å². The molecular formula is C27H22N4O4S. The van der Waals surface area contributed by atoms with E-state index in [9.17, 15) is 4.79 Å². The predicted molar refractivity (Wildman–Crippen MR) is 138 cm³/mol. The van der Waals surface area contributed by atoms with Crippen molar-refractivity contribution in [2.45, 2.75) is 12.1 Å². The zero-order valence-corrected chi connectivity index (χ0v) is 20.1. The van der Waals surface area contributed by atoms with E-state index < -0.39 is 0 Å². The topological polar surface area (TPSA) is 77.9 Å². The largest absolute Gasteiger partial charge is 0.465 e. The molecule has 0 saturated carbocycles. The summed E-state index contributed by atoms with van der Waals surface area (Å²) in [6.07, 6.45) is 3.75. The molecule has 0 bridgehead atoms. The number of nitrogens with zero attached hydrogens (tertiary/aromatic N) is 3. The Balaban J connectivity index is 1.49. The number of pyridine rings is 1. The van der Waals surface area contributed by atoms with E-state index in [1.165, 1.54) is 7.11 Å². The van der Waals surface area contributed by atoms with Crippen LogP contribution in [0.15, 0.2) is 85.2 Å². The SMILES string of the molecule is COC(=O)c1cccc(-n2cccc2C2C(c3ccccn3)NC(=S)N2c2ccc3c(c2)OCO3)c1. The molecule has 0 aliphatic carbocycles. The number of methoxy groups -OCH3 is 1. The number of rotatable bonds is 5. The maximum absolute atomic E-state index is 12.2. The third-order valence-corrected chi connectivity index (χ3v) is 6.68. The Morgan fingerprint density at radius 1 is 1.03 bits per heavy atom. The molecule has 2 atom stereocenters. The van der Waals surface area contributed by atoms with E-state index in [0.717, 1.165) is 22.8 Å². The number of ether oxygens (including phenoxy) is 3. The van der Waals surface area contributed by atoms with Crippen LogP contribution in [0.3, 0.4) is 0 Å². The first kappa shape index (κ1) is 22.1. The van der Waals surface area contributed by atoms with E-state index in [4.69, 9.17) is 26.4 Å². The van der Waals surface area contributed by atoms with Gasteiger partial charge in [0.05, 0.1) is 24.4 Å². The average molecular weight is 499 g/mol. The minimum absolute atomic E-state index is 0.195. The number of anilines is 1. The molecule has 36 heavy (non-hydrogen) atoms. The summed E-state index contributed by atoms with van der Waals surface area (Å²) in [5.74, 6) is 0.997. The molecule has 4 heterocycles. The van der Waals surface area contributed by atoms with Crippen molar-refractivity contribution in [1.82, 2.24) is 14.9 Å². The Hall–Kier alpha value is -4.37. The van der Waals surface area contributed by atoms with Gasteiger partial charge in [0.25, 0.3) is 0 Å². The number of aromatic nitrogens is 2. The lowest BCUT2D eigenvalue weighted by molar-refractivity contribution is 0.0600. The van der Waals surface area contributed by atoms with Gasteiger partial charge in [0.2, 0.25) is 6.79 Å². The second kappa shape index (κ2) is 9.01. The van der Waals surface area contributed by atoms with E-state index in [0.29, 0.717) is 22.2 Å². The highest BCUT2D eigenvalue weighted by atomic mass is 32.1. The number of carbonyl (C=O) groups excluding carboxylic acids is 1. The highest BCUT2D eigenvalue weighted by Crippen LogP contribution is 2.44. The Bertz CT molecular complexity index is 1460. The molecule has 6 rings (SSSR count). The van der Waals surface area contributed by atoms with Crippen molar-refractivity contribution in [2.24, 2.45) is 0 Å². The summed E-state index contributed by atoms with van der Waals surface area (Å²) in [5, 5.41) is 4.05. The van der Waals surface area contributed by atoms with Gasteiger partial charge < -0.3 is 29.0 Å². The number of nitrogens with one attached hydrogen (secondary N) is 1. The van der Waals surface area contributed by atoms with E-state index >= 15 is 0 Å². The van der Waals surface area contributed by atoms with Crippen LogP contribution in [0.25, 0.3) is 5.69 Å². The van der Waals surface area contributed by atoms with E-state index in [1.54, 1.807) is 12.3 Å². The second-order valence-corrected chi connectivity index (χ2v) is 8.77. The Labute approximate surface area is 213 Å². The van der Waals surface area contributed by atoms with Crippen molar-refractivity contribution in [3.05, 3.63) is 102 Å². The summed E-state index contributed by atoms with van der Waals surface area (Å²) >= 11 is 5.85. The van der Waals surface area contributed by atoms with Crippen molar-refractivity contribution in [3.8, 4) is 17.2 Å². The summed E-state index contributed by atoms with van der Waals surface area (Å²) in [6.45, 7) is 0.195. The maximum atomic E-state index is 12.2. The molecule has 0 amide bonds. The zero-order valence-electron chi connectivity index (χ0n) is 19.3. The molecular weight excluding hydrogens is 476 g/mol. The number of benzene rings is 2. The van der Waals surface area contributed by atoms with Gasteiger partial charge in [-0.25, -0.2) is 4.79 Å². The van der Waals surface area contributed by atoms with E-state index in [1.807, 2.05) is 66.9 Å². The summed E-state index contributed by atoms with van der Waals surface area (Å²) in [6, 6.07) is 22.6. The molecule has 2 aliphatic rings. The van der Waals surface area contributed by atoms with Crippen molar-refractivity contribution < 1.29 is 19.0 Å². The first-order valence-electron chi connectivity index (χ1n) is 11.4. The Kier molecular flexibility index (Phi) is 5.54. The fraction of sp³-hybridized carbons (Fsp3) is 0.148. The average Bonchev–Trinajstić information content (AvgIpc) is 3.66. The predicted octanol–water partition coefficient (Wildman–Crippen LogP) is 4.56. The number of thiocarbonyl (C=S) groups is 1. The third kappa shape index (κ3) is 3.74. The molecule has 1 fully saturated rings. The minimum atomic E-state index is -0.386. The fourth-order valence-electron chi connectivity index (χ4n) is 4.74. The fourth-order valence-corrected chi connectivity index (χ4v) is 5.09. The number of hydrogen-bond acceptors (Lipinski definition) is 6. The number of fused-ring (bicyclic) bond motifs is 1. The van der Waals surface area contributed by atoms with E-state index in [2.05, 4.69) is 25.8 Å². The summed E-state index contributed by atoms with van der Waals surface area (Å²) < 4.78 is 18.1. The standard InChI is InChI=1S/C27H22N4O4S/c1-33-26(32)17-6-4-7-18(14-17)30-13-5-9-21(30)25-24(20-8-2-3-12-28-20)29-27(36)31(25)19-10-11-22-23(15-19)35-16-34-22/h2-15,24-25H,16H2,1H3,(H,29,36). The number of carbonyl (C=O) groups is 1. The molecule has 8 nitrogen and oxygen atoms in total. The van der Waals surface area contributed by atoms with Gasteiger partial charge in [-0.3, -0.25) is 4.98 Å². The highest BCUT2D eigenvalue weighted by molar-refractivity contribution is 7.80. The molecule has 4 aromatic rings. The van der Waals surface area contributed by atoms with Crippen molar-refractivity contribution in [3.63, 3.8) is 0 Å². The smallest absolute Gasteiger partial charge is 0.337 e. The quantitative estimate of drug-likeness (QED) is 0.317. The first-order chi connectivity index (χ1) is 17.6. The summed E-state index contributed by atoms with van der Waals surface area (Å²) in [5.41, 5.74) is 4.02. The van der Waals surface area contributed by atoms with Crippen LogP contribution in [0.5, 0.6) is 11.5 Å². The van der Waals surface area contributed by atoms with Crippen molar-refractivity contribution >= 4 is 29.0 Å². The third-order valence-electron chi connectivity index (χ3n) is 6.36. The molecule has 2 aromatic carbocycles. The molecule has 1 saturated heterocycles. The van der Waals surface area contributed by atoms with Crippen molar-refractivity contribution in [2.75, 3.05) is 18.8 Å². The van der Waals surface area contributed by atoms with E-state index in [-0.39, 0.29) is 24.8 Å². The molecule has 2 aliphatic heterocycles. The minimum Gasteiger partial charge on any atom is -0.465 e. The van der Waals surface area contributed by atoms with Gasteiger partial charge in [0, 0.05) is 35.5 Å². The van der Waals surface area contributed by atoms with Crippen LogP contribution in [0.4, 0.5) is 5.69 Å². The number of hydrogen-bond donors (Lipinski definition) is 1. The van der Waals surface area contributed by atoms with Gasteiger partial charge in [0.1, 0.15) is 6.04 Å². The van der Waals surface area contributed by atoms with Crippen LogP contribution in [-0.4, -0.2) is 34.5 Å². The molecule has 2 unspecified atom stereocenters. The lowest BCUT2D eigenvalue weighted by Crippen LogP contribution is -2.30. The van der Waals surface area contributed by atoms with Gasteiger partial charge in [-0.15, -0.1) is 0 Å². The highest BCUT2D eigenvalue weighted by Gasteiger charge is 2.42. The molecule has 180 valence electrons. The summed E-state index contributed by atoms with van der Waals surface area (Å²) in [4.78, 5) is 18.9.